The lowest BCUT2D eigenvalue weighted by atomic mass is 10.1. The van der Waals surface area contributed by atoms with Crippen molar-refractivity contribution in [2.24, 2.45) is 0 Å². The van der Waals surface area contributed by atoms with Crippen LogP contribution < -0.4 is 14.5 Å². The van der Waals surface area contributed by atoms with Crippen LogP contribution in [0.15, 0.2) is 48.5 Å². The van der Waals surface area contributed by atoms with Gasteiger partial charge in [0, 0.05) is 11.4 Å². The predicted molar refractivity (Wildman–Crippen MR) is 105 cm³/mol. The Labute approximate surface area is 159 Å². The van der Waals surface area contributed by atoms with Gasteiger partial charge in [-0.2, -0.15) is 0 Å². The molecule has 6 nitrogen and oxygen atoms in total. The Morgan fingerprint density at radius 3 is 1.89 bits per heavy atom. The molecule has 4 rings (SSSR count). The number of sulfone groups is 1. The highest BCUT2D eigenvalue weighted by Crippen LogP contribution is 2.38. The third kappa shape index (κ3) is 3.16. The Morgan fingerprint density at radius 1 is 0.926 bits per heavy atom. The largest absolute Gasteiger partial charge is 0.494 e. The monoisotopic (exact) mass is 386 g/mol. The number of benzene rings is 2. The molecular formula is C20H22N2O4S. The summed E-state index contributed by atoms with van der Waals surface area (Å²) < 4.78 is 30.1. The van der Waals surface area contributed by atoms with Gasteiger partial charge in [0.05, 0.1) is 30.2 Å². The van der Waals surface area contributed by atoms with Gasteiger partial charge in [-0.25, -0.2) is 13.2 Å². The minimum Gasteiger partial charge on any atom is -0.494 e. The van der Waals surface area contributed by atoms with E-state index in [4.69, 9.17) is 4.74 Å². The van der Waals surface area contributed by atoms with E-state index in [-0.39, 0.29) is 29.6 Å². The maximum Gasteiger partial charge on any atom is 0.329 e. The van der Waals surface area contributed by atoms with Crippen LogP contribution in [0, 0.1) is 6.92 Å². The summed E-state index contributed by atoms with van der Waals surface area (Å²) in [4.78, 5) is 16.5. The molecule has 2 fully saturated rings. The van der Waals surface area contributed by atoms with Crippen LogP contribution in [-0.4, -0.2) is 44.6 Å². The van der Waals surface area contributed by atoms with Crippen LogP contribution in [-0.2, 0) is 9.84 Å². The molecule has 2 saturated heterocycles. The van der Waals surface area contributed by atoms with Gasteiger partial charge < -0.3 is 4.74 Å². The number of ether oxygens (including phenoxy) is 1. The number of aryl methyl sites for hydroxylation is 1. The lowest BCUT2D eigenvalue weighted by Gasteiger charge is -2.23. The standard InChI is InChI=1S/C20H22N2O4S/c1-3-26-17-10-8-16(9-11-17)22-19-13-27(24,25)12-18(19)21(20(22)23)15-6-4-14(2)5-7-15/h4-11,18-19H,3,12-13H2,1-2H3/t18-,19+/m1/s1. The maximum atomic E-state index is 13.3. The van der Waals surface area contributed by atoms with Crippen molar-refractivity contribution >= 4 is 27.2 Å². The summed E-state index contributed by atoms with van der Waals surface area (Å²) in [6.45, 7) is 4.45. The highest BCUT2D eigenvalue weighted by atomic mass is 32.2. The number of carbonyl (C=O) groups is 1. The average Bonchev–Trinajstić information content (AvgIpc) is 3.06. The van der Waals surface area contributed by atoms with Crippen LogP contribution in [0.2, 0.25) is 0 Å². The summed E-state index contributed by atoms with van der Waals surface area (Å²) in [5, 5.41) is 0. The summed E-state index contributed by atoms with van der Waals surface area (Å²) in [7, 11) is -3.20. The second-order valence-electron chi connectivity index (χ2n) is 7.00. The first-order valence-corrected chi connectivity index (χ1v) is 10.8. The summed E-state index contributed by atoms with van der Waals surface area (Å²) in [5.74, 6) is 0.697. The molecule has 2 aromatic rings. The molecule has 0 saturated carbocycles. The van der Waals surface area contributed by atoms with Gasteiger partial charge in [-0.05, 0) is 50.2 Å². The van der Waals surface area contributed by atoms with Gasteiger partial charge in [0.15, 0.2) is 9.84 Å². The average molecular weight is 386 g/mol. The number of rotatable bonds is 4. The van der Waals surface area contributed by atoms with E-state index in [9.17, 15) is 13.2 Å². The molecule has 2 aliphatic rings. The molecule has 0 aliphatic carbocycles. The van der Waals surface area contributed by atoms with Crippen LogP contribution in [0.25, 0.3) is 0 Å². The second kappa shape index (κ2) is 6.56. The first-order valence-electron chi connectivity index (χ1n) is 9.02. The van der Waals surface area contributed by atoms with Gasteiger partial charge in [0.1, 0.15) is 5.75 Å². The van der Waals surface area contributed by atoms with E-state index in [0.29, 0.717) is 12.3 Å². The molecule has 0 N–H and O–H groups in total. The van der Waals surface area contributed by atoms with E-state index in [0.717, 1.165) is 17.0 Å². The van der Waals surface area contributed by atoms with Crippen LogP contribution in [0.4, 0.5) is 16.2 Å². The van der Waals surface area contributed by atoms with E-state index in [2.05, 4.69) is 0 Å². The lowest BCUT2D eigenvalue weighted by Crippen LogP contribution is -2.37. The minimum atomic E-state index is -3.20. The van der Waals surface area contributed by atoms with Gasteiger partial charge in [-0.1, -0.05) is 17.7 Å². The number of amides is 2. The highest BCUT2D eigenvalue weighted by molar-refractivity contribution is 7.91. The molecule has 27 heavy (non-hydrogen) atoms. The van der Waals surface area contributed by atoms with E-state index < -0.39 is 9.84 Å². The van der Waals surface area contributed by atoms with Crippen molar-refractivity contribution in [2.45, 2.75) is 25.9 Å². The SMILES string of the molecule is CCOc1ccc(N2C(=O)N(c3ccc(C)cc3)[C@@H]3CS(=O)(=O)C[C@@H]32)cc1. The van der Waals surface area contributed by atoms with Crippen molar-refractivity contribution in [3.05, 3.63) is 54.1 Å². The summed E-state index contributed by atoms with van der Waals surface area (Å²) in [6.07, 6.45) is 0. The number of carbonyl (C=O) groups excluding carboxylic acids is 1. The zero-order chi connectivity index (χ0) is 19.2. The molecule has 7 heteroatoms. The fourth-order valence-corrected chi connectivity index (χ4v) is 5.80. The van der Waals surface area contributed by atoms with Gasteiger partial charge in [-0.15, -0.1) is 0 Å². The quantitative estimate of drug-likeness (QED) is 0.758. The topological polar surface area (TPSA) is 66.9 Å². The Hall–Kier alpha value is -2.54. The molecule has 2 heterocycles. The van der Waals surface area contributed by atoms with Crippen LogP contribution in [0.1, 0.15) is 12.5 Å². The fourth-order valence-electron chi connectivity index (χ4n) is 3.88. The van der Waals surface area contributed by atoms with Crippen molar-refractivity contribution in [1.29, 1.82) is 0 Å². The zero-order valence-corrected chi connectivity index (χ0v) is 16.1. The van der Waals surface area contributed by atoms with E-state index in [1.165, 1.54) is 0 Å². The zero-order valence-electron chi connectivity index (χ0n) is 15.3. The van der Waals surface area contributed by atoms with Gasteiger partial charge in [0.25, 0.3) is 0 Å². The number of fused-ring (bicyclic) bond motifs is 1. The molecule has 2 amide bonds. The van der Waals surface area contributed by atoms with Crippen molar-refractivity contribution in [3.8, 4) is 5.75 Å². The normalized spacial score (nSPS) is 23.6. The van der Waals surface area contributed by atoms with Crippen molar-refractivity contribution < 1.29 is 17.9 Å². The van der Waals surface area contributed by atoms with Crippen molar-refractivity contribution in [2.75, 3.05) is 27.9 Å². The third-order valence-corrected chi connectivity index (χ3v) is 6.81. The maximum absolute atomic E-state index is 13.3. The molecule has 2 aromatic carbocycles. The third-order valence-electron chi connectivity index (χ3n) is 5.11. The van der Waals surface area contributed by atoms with Crippen molar-refractivity contribution in [1.82, 2.24) is 0 Å². The smallest absolute Gasteiger partial charge is 0.329 e. The van der Waals surface area contributed by atoms with E-state index in [1.54, 1.807) is 21.9 Å². The Morgan fingerprint density at radius 2 is 1.41 bits per heavy atom. The van der Waals surface area contributed by atoms with Gasteiger partial charge in [-0.3, -0.25) is 9.80 Å². The Bertz CT molecular complexity index is 954. The predicted octanol–water partition coefficient (Wildman–Crippen LogP) is 3.01. The summed E-state index contributed by atoms with van der Waals surface area (Å²) in [6, 6.07) is 13.9. The van der Waals surface area contributed by atoms with Crippen LogP contribution in [0.3, 0.4) is 0 Å². The molecule has 142 valence electrons. The lowest BCUT2D eigenvalue weighted by molar-refractivity contribution is 0.255. The molecule has 0 unspecified atom stereocenters. The van der Waals surface area contributed by atoms with E-state index in [1.807, 2.05) is 50.2 Å². The first kappa shape index (κ1) is 17.9. The van der Waals surface area contributed by atoms with Crippen LogP contribution >= 0.6 is 0 Å². The Kier molecular flexibility index (Phi) is 4.34. The molecule has 0 radical (unpaired) electrons. The molecule has 2 aliphatic heterocycles. The summed E-state index contributed by atoms with van der Waals surface area (Å²) >= 11 is 0. The van der Waals surface area contributed by atoms with E-state index >= 15 is 0 Å². The highest BCUT2D eigenvalue weighted by Gasteiger charge is 2.54. The molecule has 0 bridgehead atoms. The molecule has 2 atom stereocenters. The molecule has 0 spiro atoms. The first-order chi connectivity index (χ1) is 12.9. The van der Waals surface area contributed by atoms with Crippen LogP contribution in [0.5, 0.6) is 5.75 Å². The van der Waals surface area contributed by atoms with Gasteiger partial charge >= 0.3 is 6.03 Å². The number of nitrogens with zero attached hydrogens (tertiary/aromatic N) is 2. The number of anilines is 2. The molecule has 0 aromatic heterocycles. The Balaban J connectivity index is 1.73. The number of hydrogen-bond donors (Lipinski definition) is 0. The number of urea groups is 1. The van der Waals surface area contributed by atoms with Crippen molar-refractivity contribution in [3.63, 3.8) is 0 Å². The minimum absolute atomic E-state index is 0.00911. The van der Waals surface area contributed by atoms with Gasteiger partial charge in [0.2, 0.25) is 0 Å². The molecular weight excluding hydrogens is 364 g/mol. The number of hydrogen-bond acceptors (Lipinski definition) is 4. The fraction of sp³-hybridized carbons (Fsp3) is 0.350. The summed E-state index contributed by atoms with van der Waals surface area (Å²) in [5.41, 5.74) is 2.50. The second-order valence-corrected chi connectivity index (χ2v) is 9.15.